The van der Waals surface area contributed by atoms with Gasteiger partial charge >= 0.3 is 0 Å². The van der Waals surface area contributed by atoms with E-state index in [0.717, 1.165) is 40.8 Å². The van der Waals surface area contributed by atoms with Gasteiger partial charge in [-0.1, -0.05) is 127 Å². The van der Waals surface area contributed by atoms with Crippen molar-refractivity contribution in [2.75, 3.05) is 0 Å². The van der Waals surface area contributed by atoms with Gasteiger partial charge in [0.05, 0.1) is 11.2 Å². The average molecular weight is 683 g/mol. The summed E-state index contributed by atoms with van der Waals surface area (Å²) in [6, 6.07) is 59.5. The Balaban J connectivity index is 1.06. The Morgan fingerprint density at radius 1 is 0.442 bits per heavy atom. The van der Waals surface area contributed by atoms with E-state index in [-0.39, 0.29) is 0 Å². The number of rotatable bonds is 6. The lowest BCUT2D eigenvalue weighted by atomic mass is 9.89. The molecule has 2 heterocycles. The normalized spacial score (nSPS) is 11.7. The Bertz CT molecular complexity index is 2980. The lowest BCUT2D eigenvalue weighted by molar-refractivity contribution is 0.873. The summed E-state index contributed by atoms with van der Waals surface area (Å²) < 4.78 is 2.59. The molecule has 2 nitrogen and oxygen atoms in total. The highest BCUT2D eigenvalue weighted by molar-refractivity contribution is 7.25. The third kappa shape index (κ3) is 5.42. The topological polar surface area (TPSA) is 25.8 Å². The Morgan fingerprint density at radius 2 is 1.12 bits per heavy atom. The number of para-hydroxylation sites is 1. The quantitative estimate of drug-likeness (QED) is 0.174. The molecule has 0 spiro atoms. The van der Waals surface area contributed by atoms with Crippen molar-refractivity contribution in [1.82, 2.24) is 9.97 Å². The molecule has 246 valence electrons. The van der Waals surface area contributed by atoms with Crippen molar-refractivity contribution >= 4 is 64.0 Å². The molecule has 10 rings (SSSR count). The van der Waals surface area contributed by atoms with Gasteiger partial charge in [-0.3, -0.25) is 0 Å². The van der Waals surface area contributed by atoms with Gasteiger partial charge in [0, 0.05) is 37.5 Å². The van der Waals surface area contributed by atoms with Gasteiger partial charge < -0.3 is 0 Å². The maximum Gasteiger partial charge on any atom is 0.130 e. The molecule has 0 radical (unpaired) electrons. The molecule has 8 aromatic carbocycles. The van der Waals surface area contributed by atoms with Crippen molar-refractivity contribution in [3.05, 3.63) is 181 Å². The predicted octanol–water partition coefficient (Wildman–Crippen LogP) is 13.4. The molecule has 10 aromatic rings. The molecule has 2 aromatic heterocycles. The van der Waals surface area contributed by atoms with E-state index < -0.39 is 0 Å². The molecule has 0 fully saturated rings. The molecule has 0 saturated carbocycles. The number of aromatic nitrogens is 2. The average Bonchev–Trinajstić information content (AvgIpc) is 3.55. The summed E-state index contributed by atoms with van der Waals surface area (Å²) in [7, 11) is 0. The lowest BCUT2D eigenvalue weighted by Gasteiger charge is -2.16. The first-order chi connectivity index (χ1) is 25.6. The number of thiophene rings is 1. The highest BCUT2D eigenvalue weighted by Gasteiger charge is 2.16. The third-order valence-corrected chi connectivity index (χ3v) is 11.6. The fourth-order valence-corrected chi connectivity index (χ4v) is 8.96. The van der Waals surface area contributed by atoms with Crippen LogP contribution in [0.4, 0.5) is 0 Å². The van der Waals surface area contributed by atoms with Crippen LogP contribution in [0.2, 0.25) is 0 Å². The number of aryl methyl sites for hydroxylation is 3. The Kier molecular flexibility index (Phi) is 7.40. The summed E-state index contributed by atoms with van der Waals surface area (Å²) in [5.41, 5.74) is 10.7. The summed E-state index contributed by atoms with van der Waals surface area (Å²) in [5.74, 6) is 0.866. The molecule has 0 aliphatic heterocycles. The van der Waals surface area contributed by atoms with Gasteiger partial charge in [-0.15, -0.1) is 11.3 Å². The molecule has 0 amide bonds. The van der Waals surface area contributed by atoms with Gasteiger partial charge in [0.15, 0.2) is 0 Å². The van der Waals surface area contributed by atoms with E-state index in [1.807, 2.05) is 11.3 Å². The molecule has 0 unspecified atom stereocenters. The predicted molar refractivity (Wildman–Crippen MR) is 222 cm³/mol. The highest BCUT2D eigenvalue weighted by Crippen LogP contribution is 2.40. The SMILES string of the molecule is Cc1ccc(-c2ccccc2)cc1-c1cc2ccccc2cc1CCc1nc(-c2ccc3c(c2)sc2cc4ccccc4cc23)c2ccccc2n1. The van der Waals surface area contributed by atoms with Crippen molar-refractivity contribution < 1.29 is 0 Å². The summed E-state index contributed by atoms with van der Waals surface area (Å²) in [4.78, 5) is 10.5. The van der Waals surface area contributed by atoms with Crippen LogP contribution in [0.5, 0.6) is 0 Å². The van der Waals surface area contributed by atoms with Gasteiger partial charge in [-0.2, -0.15) is 0 Å². The number of fused-ring (bicyclic) bond motifs is 6. The number of benzene rings is 8. The minimum atomic E-state index is 0.734. The second kappa shape index (κ2) is 12.6. The fraction of sp³-hybridized carbons (Fsp3) is 0.0612. The Labute approximate surface area is 306 Å². The van der Waals surface area contributed by atoms with Crippen LogP contribution in [0.15, 0.2) is 164 Å². The van der Waals surface area contributed by atoms with Gasteiger partial charge in [-0.05, 0) is 105 Å². The summed E-state index contributed by atoms with van der Waals surface area (Å²) >= 11 is 1.86. The van der Waals surface area contributed by atoms with Crippen molar-refractivity contribution in [2.45, 2.75) is 19.8 Å². The Hall–Kier alpha value is -6.16. The maximum atomic E-state index is 5.32. The van der Waals surface area contributed by atoms with Crippen LogP contribution in [0.3, 0.4) is 0 Å². The van der Waals surface area contributed by atoms with Crippen LogP contribution in [0, 0.1) is 6.92 Å². The Morgan fingerprint density at radius 3 is 1.94 bits per heavy atom. The van der Waals surface area contributed by atoms with Crippen LogP contribution in [-0.2, 0) is 12.8 Å². The molecular formula is C49H34N2S. The zero-order valence-electron chi connectivity index (χ0n) is 28.8. The standard InChI is InChI=1S/C49H34N2S/c1-31-19-20-37(32-11-3-2-4-12-32)26-42(31)43-27-34-14-6-5-13-33(34)25-38(43)22-24-48-50-45-18-10-9-17-41(45)49(51-48)39-21-23-40-44-28-35-15-7-8-16-36(35)29-47(44)52-46(40)30-39/h2-21,23,25-30H,22,24H2,1H3. The molecule has 0 aliphatic carbocycles. The van der Waals surface area contributed by atoms with E-state index in [1.165, 1.54) is 75.1 Å². The van der Waals surface area contributed by atoms with E-state index in [4.69, 9.17) is 9.97 Å². The zero-order valence-corrected chi connectivity index (χ0v) is 29.6. The van der Waals surface area contributed by atoms with E-state index in [1.54, 1.807) is 0 Å². The monoisotopic (exact) mass is 682 g/mol. The van der Waals surface area contributed by atoms with Gasteiger partial charge in [0.1, 0.15) is 5.82 Å². The van der Waals surface area contributed by atoms with E-state index in [9.17, 15) is 0 Å². The fourth-order valence-electron chi connectivity index (χ4n) is 7.78. The largest absolute Gasteiger partial charge is 0.233 e. The van der Waals surface area contributed by atoms with Gasteiger partial charge in [-0.25, -0.2) is 9.97 Å². The number of hydrogen-bond donors (Lipinski definition) is 0. The van der Waals surface area contributed by atoms with Crippen LogP contribution < -0.4 is 0 Å². The number of nitrogens with zero attached hydrogens (tertiary/aromatic N) is 2. The molecular weight excluding hydrogens is 649 g/mol. The first kappa shape index (κ1) is 30.6. The van der Waals surface area contributed by atoms with Crippen LogP contribution in [-0.4, -0.2) is 9.97 Å². The molecule has 0 N–H and O–H groups in total. The van der Waals surface area contributed by atoms with Gasteiger partial charge in [0.25, 0.3) is 0 Å². The van der Waals surface area contributed by atoms with E-state index in [2.05, 4.69) is 171 Å². The lowest BCUT2D eigenvalue weighted by Crippen LogP contribution is -2.02. The van der Waals surface area contributed by atoms with Crippen molar-refractivity contribution in [2.24, 2.45) is 0 Å². The minimum absolute atomic E-state index is 0.734. The van der Waals surface area contributed by atoms with Crippen molar-refractivity contribution in [3.63, 3.8) is 0 Å². The third-order valence-electron chi connectivity index (χ3n) is 10.5. The molecule has 0 aliphatic rings. The first-order valence-electron chi connectivity index (χ1n) is 17.9. The number of hydrogen-bond acceptors (Lipinski definition) is 3. The van der Waals surface area contributed by atoms with Crippen LogP contribution in [0.25, 0.3) is 86.1 Å². The minimum Gasteiger partial charge on any atom is -0.233 e. The first-order valence-corrected chi connectivity index (χ1v) is 18.8. The summed E-state index contributed by atoms with van der Waals surface area (Å²) in [5, 5.41) is 8.75. The maximum absolute atomic E-state index is 5.32. The highest BCUT2D eigenvalue weighted by atomic mass is 32.1. The second-order valence-corrected chi connectivity index (χ2v) is 14.9. The van der Waals surface area contributed by atoms with Crippen molar-refractivity contribution in [1.29, 1.82) is 0 Å². The summed E-state index contributed by atoms with van der Waals surface area (Å²) in [6.07, 6.45) is 1.56. The van der Waals surface area contributed by atoms with Gasteiger partial charge in [0.2, 0.25) is 0 Å². The molecule has 0 bridgehead atoms. The van der Waals surface area contributed by atoms with E-state index >= 15 is 0 Å². The second-order valence-electron chi connectivity index (χ2n) is 13.8. The molecule has 3 heteroatoms. The van der Waals surface area contributed by atoms with Crippen molar-refractivity contribution in [3.8, 4) is 33.5 Å². The smallest absolute Gasteiger partial charge is 0.130 e. The summed E-state index contributed by atoms with van der Waals surface area (Å²) in [6.45, 7) is 2.22. The molecule has 0 saturated heterocycles. The van der Waals surface area contributed by atoms with Crippen LogP contribution in [0.1, 0.15) is 17.0 Å². The van der Waals surface area contributed by atoms with Crippen LogP contribution >= 0.6 is 11.3 Å². The van der Waals surface area contributed by atoms with E-state index in [0.29, 0.717) is 0 Å². The molecule has 52 heavy (non-hydrogen) atoms. The zero-order chi connectivity index (χ0) is 34.6. The molecule has 0 atom stereocenters.